The fourth-order valence-electron chi connectivity index (χ4n) is 0.667. The van der Waals surface area contributed by atoms with Gasteiger partial charge in [0.1, 0.15) is 0 Å². The molecule has 1 rings (SSSR count). The first-order valence-corrected chi connectivity index (χ1v) is 4.56. The second kappa shape index (κ2) is 4.65. The highest BCUT2D eigenvalue weighted by atomic mass is 35.5. The van der Waals surface area contributed by atoms with Crippen LogP contribution in [0.3, 0.4) is 0 Å². The highest BCUT2D eigenvalue weighted by molar-refractivity contribution is 6.54. The van der Waals surface area contributed by atoms with Crippen LogP contribution in [0.15, 0.2) is 18.3 Å². The lowest BCUT2D eigenvalue weighted by Crippen LogP contribution is -2.18. The van der Waals surface area contributed by atoms with Crippen molar-refractivity contribution in [1.29, 1.82) is 0 Å². The Labute approximate surface area is 90.0 Å². The molecule has 1 aromatic rings. The molecule has 0 fully saturated rings. The summed E-state index contributed by atoms with van der Waals surface area (Å²) >= 11 is 16.3. The van der Waals surface area contributed by atoms with E-state index in [1.54, 1.807) is 12.1 Å². The van der Waals surface area contributed by atoms with Crippen LogP contribution < -0.4 is 5.32 Å². The van der Waals surface area contributed by atoms with Crippen molar-refractivity contribution in [2.75, 3.05) is 5.32 Å². The van der Waals surface area contributed by atoms with E-state index in [1.165, 1.54) is 6.20 Å². The van der Waals surface area contributed by atoms with Gasteiger partial charge in [0, 0.05) is 6.20 Å². The third-order valence-corrected chi connectivity index (χ3v) is 1.91. The third-order valence-electron chi connectivity index (χ3n) is 1.22. The minimum atomic E-state index is -1.11. The van der Waals surface area contributed by atoms with Gasteiger partial charge in [-0.2, -0.15) is 0 Å². The van der Waals surface area contributed by atoms with Gasteiger partial charge in [0.25, 0.3) is 5.91 Å². The lowest BCUT2D eigenvalue weighted by Gasteiger charge is -2.05. The minimum absolute atomic E-state index is 0.199. The molecule has 0 aromatic carbocycles. The molecule has 0 aliphatic heterocycles. The first kappa shape index (κ1) is 10.6. The van der Waals surface area contributed by atoms with Crippen LogP contribution in [0.1, 0.15) is 0 Å². The number of alkyl halides is 2. The highest BCUT2D eigenvalue weighted by Crippen LogP contribution is 2.18. The van der Waals surface area contributed by atoms with Gasteiger partial charge >= 0.3 is 0 Å². The Bertz CT molecular complexity index is 316. The van der Waals surface area contributed by atoms with Gasteiger partial charge in [0.05, 0.1) is 5.69 Å². The number of anilines is 1. The van der Waals surface area contributed by atoms with Crippen LogP contribution >= 0.6 is 34.8 Å². The monoisotopic (exact) mass is 238 g/mol. The molecule has 3 nitrogen and oxygen atoms in total. The third kappa shape index (κ3) is 3.03. The molecular formula is C7H5Cl3N2O. The van der Waals surface area contributed by atoms with E-state index in [2.05, 4.69) is 10.3 Å². The quantitative estimate of drug-likeness (QED) is 0.636. The summed E-state index contributed by atoms with van der Waals surface area (Å²) in [7, 11) is 0. The van der Waals surface area contributed by atoms with Crippen LogP contribution in [0, 0.1) is 0 Å². The number of carbonyl (C=O) groups is 1. The number of rotatable bonds is 2. The summed E-state index contributed by atoms with van der Waals surface area (Å²) in [6, 6.07) is 3.24. The summed E-state index contributed by atoms with van der Waals surface area (Å²) in [5.74, 6) is -0.529. The molecule has 0 saturated carbocycles. The number of nitrogens with one attached hydrogen (secondary N) is 1. The number of hydrogen-bond donors (Lipinski definition) is 1. The first-order chi connectivity index (χ1) is 6.11. The Kier molecular flexibility index (Phi) is 3.78. The molecule has 1 amide bonds. The number of halogens is 3. The number of hydrogen-bond acceptors (Lipinski definition) is 2. The Morgan fingerprint density at radius 3 is 2.77 bits per heavy atom. The van der Waals surface area contributed by atoms with Crippen LogP contribution in [0.2, 0.25) is 5.15 Å². The van der Waals surface area contributed by atoms with Crippen molar-refractivity contribution in [2.45, 2.75) is 4.84 Å². The van der Waals surface area contributed by atoms with Crippen molar-refractivity contribution in [2.24, 2.45) is 0 Å². The Hall–Kier alpha value is -0.510. The molecule has 0 saturated heterocycles. The number of aromatic nitrogens is 1. The average Bonchev–Trinajstić information content (AvgIpc) is 2.08. The second-order valence-corrected chi connectivity index (χ2v) is 3.59. The fraction of sp³-hybridized carbons (Fsp3) is 0.143. The summed E-state index contributed by atoms with van der Waals surface area (Å²) < 4.78 is 0. The van der Waals surface area contributed by atoms with Crippen molar-refractivity contribution < 1.29 is 4.79 Å². The van der Waals surface area contributed by atoms with E-state index in [0.29, 0.717) is 5.69 Å². The van der Waals surface area contributed by atoms with Gasteiger partial charge in [-0.25, -0.2) is 4.98 Å². The van der Waals surface area contributed by atoms with Crippen LogP contribution in [-0.4, -0.2) is 15.7 Å². The zero-order chi connectivity index (χ0) is 9.84. The molecule has 1 heterocycles. The largest absolute Gasteiger partial charge is 0.321 e. The zero-order valence-electron chi connectivity index (χ0n) is 6.30. The number of amides is 1. The van der Waals surface area contributed by atoms with Gasteiger partial charge in [-0.05, 0) is 12.1 Å². The summed E-state index contributed by atoms with van der Waals surface area (Å²) in [5.41, 5.74) is 0.389. The minimum Gasteiger partial charge on any atom is -0.321 e. The van der Waals surface area contributed by atoms with Crippen LogP contribution in [-0.2, 0) is 4.79 Å². The van der Waals surface area contributed by atoms with E-state index in [9.17, 15) is 4.79 Å². The summed E-state index contributed by atoms with van der Waals surface area (Å²) in [6.07, 6.45) is 1.51. The predicted molar refractivity (Wildman–Crippen MR) is 53.4 cm³/mol. The van der Waals surface area contributed by atoms with Crippen molar-refractivity contribution in [3.05, 3.63) is 23.5 Å². The molecule has 70 valence electrons. The molecule has 1 N–H and O–H groups in total. The summed E-state index contributed by atoms with van der Waals surface area (Å²) in [6.45, 7) is 0. The topological polar surface area (TPSA) is 42.0 Å². The number of pyridine rings is 1. The summed E-state index contributed by atoms with van der Waals surface area (Å²) in [4.78, 5) is 13.6. The van der Waals surface area contributed by atoms with Gasteiger partial charge in [-0.15, -0.1) is 0 Å². The fourth-order valence-corrected chi connectivity index (χ4v) is 0.942. The van der Waals surface area contributed by atoms with E-state index >= 15 is 0 Å². The van der Waals surface area contributed by atoms with E-state index in [4.69, 9.17) is 34.8 Å². The van der Waals surface area contributed by atoms with E-state index < -0.39 is 10.7 Å². The molecule has 0 spiro atoms. The molecular weight excluding hydrogens is 234 g/mol. The zero-order valence-corrected chi connectivity index (χ0v) is 8.57. The van der Waals surface area contributed by atoms with Gasteiger partial charge in [0.2, 0.25) is 0 Å². The van der Waals surface area contributed by atoms with Gasteiger partial charge in [-0.1, -0.05) is 34.8 Å². The molecule has 0 aliphatic carbocycles. The molecule has 0 radical (unpaired) electrons. The Balaban J connectivity index is 2.75. The van der Waals surface area contributed by atoms with Crippen LogP contribution in [0.25, 0.3) is 0 Å². The molecule has 0 atom stereocenters. The Morgan fingerprint density at radius 1 is 1.54 bits per heavy atom. The van der Waals surface area contributed by atoms with Crippen LogP contribution in [0.4, 0.5) is 5.69 Å². The van der Waals surface area contributed by atoms with Gasteiger partial charge in [-0.3, -0.25) is 4.79 Å². The number of carbonyl (C=O) groups excluding carboxylic acids is 1. The second-order valence-electron chi connectivity index (χ2n) is 2.13. The molecule has 1 aromatic heterocycles. The normalized spacial score (nSPS) is 10.2. The Morgan fingerprint density at radius 2 is 2.23 bits per heavy atom. The van der Waals surface area contributed by atoms with Gasteiger partial charge in [0.15, 0.2) is 9.99 Å². The maximum Gasteiger partial charge on any atom is 0.257 e. The molecule has 0 unspecified atom stereocenters. The lowest BCUT2D eigenvalue weighted by atomic mass is 10.4. The number of nitrogens with zero attached hydrogens (tertiary/aromatic N) is 1. The highest BCUT2D eigenvalue weighted by Gasteiger charge is 2.12. The molecule has 0 bridgehead atoms. The van der Waals surface area contributed by atoms with Crippen molar-refractivity contribution in [1.82, 2.24) is 4.98 Å². The average molecular weight is 239 g/mol. The predicted octanol–water partition coefficient (Wildman–Crippen LogP) is 2.48. The standard InChI is InChI=1S/C7H5Cl3N2O/c8-5(9)7(13)12-4-2-1-3-11-6(4)10/h1-3,5H,(H,12,13). The molecule has 13 heavy (non-hydrogen) atoms. The molecule has 0 aliphatic rings. The van der Waals surface area contributed by atoms with E-state index in [0.717, 1.165) is 0 Å². The maximum absolute atomic E-state index is 11.0. The summed E-state index contributed by atoms with van der Waals surface area (Å²) in [5, 5.41) is 2.61. The van der Waals surface area contributed by atoms with Crippen LogP contribution in [0.5, 0.6) is 0 Å². The van der Waals surface area contributed by atoms with Crippen molar-refractivity contribution in [3.63, 3.8) is 0 Å². The van der Waals surface area contributed by atoms with E-state index in [1.807, 2.05) is 0 Å². The lowest BCUT2D eigenvalue weighted by molar-refractivity contribution is -0.114. The smallest absolute Gasteiger partial charge is 0.257 e. The van der Waals surface area contributed by atoms with Gasteiger partial charge < -0.3 is 5.32 Å². The van der Waals surface area contributed by atoms with Crippen molar-refractivity contribution >= 4 is 46.4 Å². The van der Waals surface area contributed by atoms with E-state index in [-0.39, 0.29) is 5.15 Å². The SMILES string of the molecule is O=C(Nc1cccnc1Cl)C(Cl)Cl. The maximum atomic E-state index is 11.0. The van der Waals surface area contributed by atoms with Crippen molar-refractivity contribution in [3.8, 4) is 0 Å². The first-order valence-electron chi connectivity index (χ1n) is 3.31. The molecule has 6 heteroatoms.